The van der Waals surface area contributed by atoms with Crippen LogP contribution in [0.15, 0.2) is 48.9 Å². The molecule has 1 aromatic carbocycles. The van der Waals surface area contributed by atoms with Crippen LogP contribution < -0.4 is 5.32 Å². The zero-order chi connectivity index (χ0) is 23.4. The summed E-state index contributed by atoms with van der Waals surface area (Å²) < 4.78 is 18.6. The molecule has 0 aliphatic carbocycles. The molecular formula is C24H19ClFN7O. The van der Waals surface area contributed by atoms with Crippen molar-refractivity contribution >= 4 is 34.3 Å². The van der Waals surface area contributed by atoms with E-state index in [2.05, 4.69) is 29.9 Å². The van der Waals surface area contributed by atoms with Crippen LogP contribution in [0.25, 0.3) is 22.2 Å². The molecule has 0 unspecified atom stereocenters. The predicted octanol–water partition coefficient (Wildman–Crippen LogP) is 4.62. The van der Waals surface area contributed by atoms with Crippen molar-refractivity contribution in [3.63, 3.8) is 0 Å². The molecule has 5 aromatic rings. The molecule has 10 heteroatoms. The molecule has 0 bridgehead atoms. The van der Waals surface area contributed by atoms with Gasteiger partial charge in [0.2, 0.25) is 5.95 Å². The maximum Gasteiger partial charge on any atom is 0.229 e. The highest BCUT2D eigenvalue weighted by Crippen LogP contribution is 2.42. The van der Waals surface area contributed by atoms with Gasteiger partial charge < -0.3 is 15.0 Å². The third kappa shape index (κ3) is 3.28. The second-order valence-corrected chi connectivity index (χ2v) is 8.57. The molecule has 0 spiro atoms. The van der Waals surface area contributed by atoms with Crippen molar-refractivity contribution in [2.75, 3.05) is 5.32 Å². The molecule has 0 saturated heterocycles. The molecule has 170 valence electrons. The Labute approximate surface area is 198 Å². The van der Waals surface area contributed by atoms with Gasteiger partial charge in [-0.1, -0.05) is 17.7 Å². The largest absolute Gasteiger partial charge is 0.505 e. The summed E-state index contributed by atoms with van der Waals surface area (Å²) in [6.07, 6.45) is 5.65. The summed E-state index contributed by atoms with van der Waals surface area (Å²) in [6.45, 7) is 0.725. The Morgan fingerprint density at radius 1 is 1.21 bits per heavy atom. The normalized spacial score (nSPS) is 12.6. The van der Waals surface area contributed by atoms with Crippen LogP contribution >= 0.6 is 11.6 Å². The fraction of sp³-hybridized carbons (Fsp3) is 0.167. The number of halogens is 2. The monoisotopic (exact) mass is 475 g/mol. The molecule has 5 heterocycles. The number of aryl methyl sites for hydroxylation is 3. The molecule has 8 nitrogen and oxygen atoms in total. The van der Waals surface area contributed by atoms with E-state index in [9.17, 15) is 9.50 Å². The van der Waals surface area contributed by atoms with Crippen LogP contribution in [-0.2, 0) is 26.4 Å². The minimum Gasteiger partial charge on any atom is -0.505 e. The van der Waals surface area contributed by atoms with Crippen LogP contribution in [0, 0.1) is 5.82 Å². The average molecular weight is 476 g/mol. The Morgan fingerprint density at radius 3 is 2.88 bits per heavy atom. The highest BCUT2D eigenvalue weighted by molar-refractivity contribution is 6.30. The summed E-state index contributed by atoms with van der Waals surface area (Å²) in [4.78, 5) is 12.6. The lowest BCUT2D eigenvalue weighted by molar-refractivity contribution is 0.470. The van der Waals surface area contributed by atoms with E-state index in [1.54, 1.807) is 36.3 Å². The molecule has 34 heavy (non-hydrogen) atoms. The number of hydrogen-bond donors (Lipinski definition) is 2. The zero-order valence-electron chi connectivity index (χ0n) is 18.1. The summed E-state index contributed by atoms with van der Waals surface area (Å²) in [7, 11) is 1.78. The number of benzene rings is 1. The lowest BCUT2D eigenvalue weighted by atomic mass is 10.0. The minimum absolute atomic E-state index is 0.161. The quantitative estimate of drug-likeness (QED) is 0.360. The van der Waals surface area contributed by atoms with E-state index in [-0.39, 0.29) is 17.4 Å². The maximum absolute atomic E-state index is 14.8. The molecule has 0 saturated carbocycles. The highest BCUT2D eigenvalue weighted by Gasteiger charge is 2.26. The molecular weight excluding hydrogens is 457 g/mol. The molecule has 0 amide bonds. The van der Waals surface area contributed by atoms with E-state index < -0.39 is 5.82 Å². The van der Waals surface area contributed by atoms with Crippen molar-refractivity contribution < 1.29 is 9.50 Å². The molecule has 1 aliphatic heterocycles. The van der Waals surface area contributed by atoms with Crippen LogP contribution in [0.5, 0.6) is 5.75 Å². The van der Waals surface area contributed by atoms with Gasteiger partial charge in [-0.2, -0.15) is 5.10 Å². The van der Waals surface area contributed by atoms with Crippen LogP contribution in [0.1, 0.15) is 16.8 Å². The SMILES string of the molecule is Cn1nccc1Nc1ncc(F)c(-c2cc3c4c(c2)c(O)c(Cc2cccnc2Cl)n4CC3)n1. The molecule has 1 aliphatic rings. The Hall–Kier alpha value is -3.98. The topological polar surface area (TPSA) is 93.7 Å². The summed E-state index contributed by atoms with van der Waals surface area (Å²) in [5.74, 6) is 0.562. The predicted molar refractivity (Wildman–Crippen MR) is 127 cm³/mol. The van der Waals surface area contributed by atoms with Crippen LogP contribution in [0.3, 0.4) is 0 Å². The van der Waals surface area contributed by atoms with Gasteiger partial charge in [0.25, 0.3) is 0 Å². The second-order valence-electron chi connectivity index (χ2n) is 8.21. The van der Waals surface area contributed by atoms with Gasteiger partial charge >= 0.3 is 0 Å². The molecule has 6 rings (SSSR count). The number of nitrogens with zero attached hydrogens (tertiary/aromatic N) is 6. The first kappa shape index (κ1) is 20.6. The minimum atomic E-state index is -0.540. The van der Waals surface area contributed by atoms with Gasteiger partial charge in [0.15, 0.2) is 5.82 Å². The van der Waals surface area contributed by atoms with E-state index in [0.29, 0.717) is 28.3 Å². The summed E-state index contributed by atoms with van der Waals surface area (Å²) in [6, 6.07) is 9.21. The van der Waals surface area contributed by atoms with Gasteiger partial charge in [-0.15, -0.1) is 0 Å². The number of aromatic nitrogens is 6. The Balaban J connectivity index is 1.44. The molecule has 0 radical (unpaired) electrons. The first-order chi connectivity index (χ1) is 16.5. The van der Waals surface area contributed by atoms with E-state index in [4.69, 9.17) is 11.6 Å². The van der Waals surface area contributed by atoms with Gasteiger partial charge in [-0.05, 0) is 35.7 Å². The number of hydrogen-bond acceptors (Lipinski definition) is 6. The zero-order valence-corrected chi connectivity index (χ0v) is 18.9. The maximum atomic E-state index is 14.8. The van der Waals surface area contributed by atoms with Crippen molar-refractivity contribution in [1.82, 2.24) is 29.3 Å². The van der Waals surface area contributed by atoms with Crippen molar-refractivity contribution in [1.29, 1.82) is 0 Å². The smallest absolute Gasteiger partial charge is 0.229 e. The van der Waals surface area contributed by atoms with Crippen molar-refractivity contribution in [3.8, 4) is 17.0 Å². The van der Waals surface area contributed by atoms with Crippen LogP contribution in [-0.4, -0.2) is 34.4 Å². The standard InChI is InChI=1S/C24H19ClFN7O/c1-32-19(4-7-29-32)30-24-28-12-17(26)20(31-24)15-9-13-5-8-33-18(22(34)16(10-15)21(13)33)11-14-3-2-6-27-23(14)25/h2-4,6-7,9-10,12,34H,5,8,11H2,1H3,(H,28,30,31). The van der Waals surface area contributed by atoms with Crippen molar-refractivity contribution in [3.05, 3.63) is 76.7 Å². The second kappa shape index (κ2) is 7.81. The molecule has 0 atom stereocenters. The lowest BCUT2D eigenvalue weighted by Gasteiger charge is -2.09. The number of aromatic hydroxyl groups is 1. The van der Waals surface area contributed by atoms with E-state index in [0.717, 1.165) is 41.5 Å². The van der Waals surface area contributed by atoms with E-state index >= 15 is 0 Å². The fourth-order valence-electron chi connectivity index (χ4n) is 4.57. The van der Waals surface area contributed by atoms with Gasteiger partial charge in [0.05, 0.1) is 23.6 Å². The Bertz CT molecular complexity index is 1580. The first-order valence-electron chi connectivity index (χ1n) is 10.7. The first-order valence-corrected chi connectivity index (χ1v) is 11.1. The van der Waals surface area contributed by atoms with Crippen LogP contribution in [0.4, 0.5) is 16.2 Å². The fourth-order valence-corrected chi connectivity index (χ4v) is 4.76. The highest BCUT2D eigenvalue weighted by atomic mass is 35.5. The van der Waals surface area contributed by atoms with Gasteiger partial charge in [0.1, 0.15) is 22.4 Å². The van der Waals surface area contributed by atoms with Gasteiger partial charge in [-0.3, -0.25) is 4.68 Å². The van der Waals surface area contributed by atoms with Crippen LogP contribution in [0.2, 0.25) is 5.15 Å². The molecule has 2 N–H and O–H groups in total. The number of nitrogens with one attached hydrogen (secondary N) is 1. The molecule has 0 fully saturated rings. The third-order valence-corrected chi connectivity index (χ3v) is 6.53. The number of rotatable bonds is 5. The third-order valence-electron chi connectivity index (χ3n) is 6.19. The van der Waals surface area contributed by atoms with Gasteiger partial charge in [-0.25, -0.2) is 19.3 Å². The summed E-state index contributed by atoms with van der Waals surface area (Å²) in [5.41, 5.74) is 4.33. The molecule has 4 aromatic heterocycles. The Morgan fingerprint density at radius 2 is 2.09 bits per heavy atom. The lowest BCUT2D eigenvalue weighted by Crippen LogP contribution is -2.04. The number of pyridine rings is 1. The van der Waals surface area contributed by atoms with Crippen molar-refractivity contribution in [2.24, 2.45) is 7.05 Å². The number of anilines is 2. The van der Waals surface area contributed by atoms with E-state index in [1.165, 1.54) is 0 Å². The summed E-state index contributed by atoms with van der Waals surface area (Å²) >= 11 is 6.26. The van der Waals surface area contributed by atoms with Crippen molar-refractivity contribution in [2.45, 2.75) is 19.4 Å². The average Bonchev–Trinajstić information content (AvgIpc) is 3.51. The van der Waals surface area contributed by atoms with Gasteiger partial charge in [0, 0.05) is 43.2 Å². The van der Waals surface area contributed by atoms with E-state index in [1.807, 2.05) is 18.2 Å². The summed E-state index contributed by atoms with van der Waals surface area (Å²) in [5, 5.41) is 19.4. The Kier molecular flexibility index (Phi) is 4.73.